The van der Waals surface area contributed by atoms with Crippen LogP contribution in [0.4, 0.5) is 0 Å². The van der Waals surface area contributed by atoms with Gasteiger partial charge in [0, 0.05) is 29.9 Å². The van der Waals surface area contributed by atoms with Crippen LogP contribution in [0.1, 0.15) is 47.5 Å². The molecule has 1 aromatic carbocycles. The minimum atomic E-state index is -3.44. The second-order valence-corrected chi connectivity index (χ2v) is 9.80. The Morgan fingerprint density at radius 1 is 0.958 bits per heavy atom. The largest absolute Gasteiger partial charge is 0.243 e. The normalized spacial score (nSPS) is 20.4. The van der Waals surface area contributed by atoms with E-state index < -0.39 is 10.0 Å². The molecule has 8 heteroatoms. The van der Waals surface area contributed by atoms with E-state index in [9.17, 15) is 8.42 Å². The van der Waals surface area contributed by atoms with Crippen LogP contribution in [0, 0.1) is 0 Å². The molecule has 1 aliphatic carbocycles. The van der Waals surface area contributed by atoms with Crippen LogP contribution in [0.3, 0.4) is 0 Å². The van der Waals surface area contributed by atoms with Gasteiger partial charge < -0.3 is 0 Å². The molecule has 0 spiro atoms. The van der Waals surface area contributed by atoms with Gasteiger partial charge in [0.2, 0.25) is 10.0 Å². The molecule has 2 aliphatic rings. The lowest BCUT2D eigenvalue weighted by atomic mass is 9.99. The van der Waals surface area contributed by atoms with Crippen molar-refractivity contribution in [2.45, 2.75) is 42.4 Å². The third-order valence-electron chi connectivity index (χ3n) is 4.64. The van der Waals surface area contributed by atoms with Crippen molar-refractivity contribution >= 4 is 33.0 Å². The van der Waals surface area contributed by atoms with E-state index in [1.807, 2.05) is 0 Å². The van der Waals surface area contributed by atoms with Crippen molar-refractivity contribution in [2.24, 2.45) is 0 Å². The average molecular weight is 384 g/mol. The van der Waals surface area contributed by atoms with Crippen LogP contribution in [0.15, 0.2) is 29.2 Å². The first-order valence-electron chi connectivity index (χ1n) is 8.13. The first kappa shape index (κ1) is 16.4. The summed E-state index contributed by atoms with van der Waals surface area (Å²) in [5, 5.41) is 11.4. The van der Waals surface area contributed by atoms with Crippen molar-refractivity contribution in [1.82, 2.24) is 14.5 Å². The van der Waals surface area contributed by atoms with Gasteiger partial charge in [-0.3, -0.25) is 0 Å². The Kier molecular flexibility index (Phi) is 4.36. The van der Waals surface area contributed by atoms with Crippen LogP contribution in [0.25, 0.3) is 0 Å². The van der Waals surface area contributed by atoms with Crippen molar-refractivity contribution in [3.8, 4) is 0 Å². The van der Waals surface area contributed by atoms with E-state index in [-0.39, 0.29) is 0 Å². The predicted molar refractivity (Wildman–Crippen MR) is 94.1 cm³/mol. The molecule has 0 unspecified atom stereocenters. The van der Waals surface area contributed by atoms with Crippen LogP contribution in [0.5, 0.6) is 0 Å². The van der Waals surface area contributed by atoms with Crippen LogP contribution in [0.2, 0.25) is 5.02 Å². The Morgan fingerprint density at radius 2 is 1.50 bits per heavy atom. The maximum atomic E-state index is 12.7. The molecule has 128 valence electrons. The number of piperidine rings is 1. The van der Waals surface area contributed by atoms with E-state index in [1.165, 1.54) is 12.8 Å². The average Bonchev–Trinajstić information content (AvgIpc) is 3.32. The highest BCUT2D eigenvalue weighted by molar-refractivity contribution is 7.89. The monoisotopic (exact) mass is 383 g/mol. The smallest absolute Gasteiger partial charge is 0.207 e. The van der Waals surface area contributed by atoms with Crippen molar-refractivity contribution in [1.29, 1.82) is 0 Å². The Labute approximate surface area is 150 Å². The Morgan fingerprint density at radius 3 is 2.04 bits per heavy atom. The van der Waals surface area contributed by atoms with Gasteiger partial charge in [0.1, 0.15) is 10.0 Å². The fraction of sp³-hybridized carbons (Fsp3) is 0.500. The predicted octanol–water partition coefficient (Wildman–Crippen LogP) is 3.64. The van der Waals surface area contributed by atoms with E-state index >= 15 is 0 Å². The lowest BCUT2D eigenvalue weighted by Gasteiger charge is -2.30. The molecule has 0 amide bonds. The molecule has 0 bridgehead atoms. The highest BCUT2D eigenvalue weighted by Crippen LogP contribution is 2.43. The molecular weight excluding hydrogens is 366 g/mol. The lowest BCUT2D eigenvalue weighted by Crippen LogP contribution is -2.37. The Bertz CT molecular complexity index is 823. The summed E-state index contributed by atoms with van der Waals surface area (Å²) >= 11 is 7.55. The first-order chi connectivity index (χ1) is 11.5. The third kappa shape index (κ3) is 3.22. The van der Waals surface area contributed by atoms with E-state index in [1.54, 1.807) is 39.9 Å². The number of rotatable bonds is 4. The molecule has 2 fully saturated rings. The summed E-state index contributed by atoms with van der Waals surface area (Å²) in [6.45, 7) is 1.04. The third-order valence-corrected chi connectivity index (χ3v) is 8.05. The zero-order valence-electron chi connectivity index (χ0n) is 13.1. The number of hydrogen-bond acceptors (Lipinski definition) is 5. The van der Waals surface area contributed by atoms with Crippen molar-refractivity contribution in [3.63, 3.8) is 0 Å². The standard InChI is InChI=1S/C16H18ClN3O2S2/c17-13-3-5-14(6-4-13)24(21,22)20-9-7-12(8-10-20)16-19-18-15(23-16)11-1-2-11/h3-6,11-12H,1-2,7-10H2. The Balaban J connectivity index is 1.44. The van der Waals surface area contributed by atoms with Gasteiger partial charge >= 0.3 is 0 Å². The molecule has 1 aliphatic heterocycles. The van der Waals surface area contributed by atoms with E-state index in [4.69, 9.17) is 11.6 Å². The van der Waals surface area contributed by atoms with E-state index in [0.717, 1.165) is 22.9 Å². The highest BCUT2D eigenvalue weighted by Gasteiger charge is 2.33. The SMILES string of the molecule is O=S(=O)(c1ccc(Cl)cc1)N1CCC(c2nnc(C3CC3)s2)CC1. The number of aromatic nitrogens is 2. The molecule has 4 rings (SSSR count). The summed E-state index contributed by atoms with van der Waals surface area (Å²) in [4.78, 5) is 0.303. The summed E-state index contributed by atoms with van der Waals surface area (Å²) in [7, 11) is -3.44. The highest BCUT2D eigenvalue weighted by atomic mass is 35.5. The van der Waals surface area contributed by atoms with Crippen LogP contribution in [-0.2, 0) is 10.0 Å². The van der Waals surface area contributed by atoms with Crippen LogP contribution in [-0.4, -0.2) is 36.0 Å². The fourth-order valence-electron chi connectivity index (χ4n) is 3.01. The van der Waals surface area contributed by atoms with Gasteiger partial charge in [-0.2, -0.15) is 4.31 Å². The molecule has 0 N–H and O–H groups in total. The molecule has 1 saturated heterocycles. The van der Waals surface area contributed by atoms with Gasteiger partial charge in [0.15, 0.2) is 0 Å². The number of nitrogens with zero attached hydrogens (tertiary/aromatic N) is 3. The molecule has 5 nitrogen and oxygen atoms in total. The van der Waals surface area contributed by atoms with Gasteiger partial charge in [-0.25, -0.2) is 8.42 Å². The lowest BCUT2D eigenvalue weighted by molar-refractivity contribution is 0.318. The van der Waals surface area contributed by atoms with Crippen LogP contribution >= 0.6 is 22.9 Å². The van der Waals surface area contributed by atoms with Gasteiger partial charge in [-0.05, 0) is 49.9 Å². The van der Waals surface area contributed by atoms with Crippen LogP contribution < -0.4 is 0 Å². The maximum Gasteiger partial charge on any atom is 0.243 e. The molecule has 1 saturated carbocycles. The number of hydrogen-bond donors (Lipinski definition) is 0. The van der Waals surface area contributed by atoms with Crippen molar-refractivity contribution < 1.29 is 8.42 Å². The zero-order valence-corrected chi connectivity index (χ0v) is 15.4. The number of benzene rings is 1. The first-order valence-corrected chi connectivity index (χ1v) is 10.8. The van der Waals surface area contributed by atoms with Gasteiger partial charge in [-0.1, -0.05) is 11.6 Å². The summed E-state index contributed by atoms with van der Waals surface area (Å²) in [6, 6.07) is 6.36. The quantitative estimate of drug-likeness (QED) is 0.808. The molecular formula is C16H18ClN3O2S2. The molecule has 2 aromatic rings. The minimum absolute atomic E-state index is 0.303. The van der Waals surface area contributed by atoms with E-state index in [0.29, 0.717) is 34.8 Å². The molecule has 0 atom stereocenters. The van der Waals surface area contributed by atoms with Gasteiger partial charge in [-0.15, -0.1) is 21.5 Å². The zero-order chi connectivity index (χ0) is 16.7. The summed E-state index contributed by atoms with van der Waals surface area (Å²) in [5.74, 6) is 0.952. The molecule has 1 aromatic heterocycles. The van der Waals surface area contributed by atoms with Gasteiger partial charge in [0.05, 0.1) is 4.90 Å². The summed E-state index contributed by atoms with van der Waals surface area (Å²) in [6.07, 6.45) is 4.05. The maximum absolute atomic E-state index is 12.7. The van der Waals surface area contributed by atoms with E-state index in [2.05, 4.69) is 10.2 Å². The van der Waals surface area contributed by atoms with Gasteiger partial charge in [0.25, 0.3) is 0 Å². The molecule has 2 heterocycles. The summed E-state index contributed by atoms with van der Waals surface area (Å²) < 4.78 is 27.0. The molecule has 24 heavy (non-hydrogen) atoms. The fourth-order valence-corrected chi connectivity index (χ4v) is 5.78. The number of halogens is 1. The van der Waals surface area contributed by atoms with Crippen molar-refractivity contribution in [3.05, 3.63) is 39.3 Å². The number of sulfonamides is 1. The minimum Gasteiger partial charge on any atom is -0.207 e. The van der Waals surface area contributed by atoms with Crippen molar-refractivity contribution in [2.75, 3.05) is 13.1 Å². The molecule has 0 radical (unpaired) electrons. The topological polar surface area (TPSA) is 63.2 Å². The summed E-state index contributed by atoms with van der Waals surface area (Å²) in [5.41, 5.74) is 0. The second kappa shape index (κ2) is 6.37. The second-order valence-electron chi connectivity index (χ2n) is 6.39. The Hall–Kier alpha value is -1.02.